The van der Waals surface area contributed by atoms with Gasteiger partial charge in [0.05, 0.1) is 5.75 Å². The highest BCUT2D eigenvalue weighted by Crippen LogP contribution is 2.25. The van der Waals surface area contributed by atoms with E-state index in [4.69, 9.17) is 4.74 Å². The van der Waals surface area contributed by atoms with Gasteiger partial charge in [-0.2, -0.15) is 0 Å². The van der Waals surface area contributed by atoms with E-state index in [1.54, 1.807) is 0 Å². The van der Waals surface area contributed by atoms with Crippen LogP contribution in [0.1, 0.15) is 44.6 Å². The zero-order chi connectivity index (χ0) is 22.4. The molecule has 31 heavy (non-hydrogen) atoms. The quantitative estimate of drug-likeness (QED) is 0.489. The zero-order valence-corrected chi connectivity index (χ0v) is 19.6. The number of carbonyl (C=O) groups is 1. The number of aromatic nitrogens is 3. The molecule has 0 aliphatic heterocycles. The molecule has 1 heterocycles. The van der Waals surface area contributed by atoms with E-state index in [2.05, 4.69) is 48.4 Å². The Bertz CT molecular complexity index is 1020. The molecule has 0 atom stereocenters. The predicted molar refractivity (Wildman–Crippen MR) is 126 cm³/mol. The highest BCUT2D eigenvalue weighted by Gasteiger charge is 2.15. The second kappa shape index (κ2) is 10.0. The van der Waals surface area contributed by atoms with E-state index in [0.29, 0.717) is 18.3 Å². The van der Waals surface area contributed by atoms with Crippen LogP contribution in [0, 0.1) is 6.92 Å². The molecule has 164 valence electrons. The summed E-state index contributed by atoms with van der Waals surface area (Å²) in [6, 6.07) is 15.9. The minimum absolute atomic E-state index is 0.0679. The average Bonchev–Trinajstić information content (AvgIpc) is 3.14. The third-order valence-corrected chi connectivity index (χ3v) is 5.92. The molecule has 7 heteroatoms. The van der Waals surface area contributed by atoms with E-state index in [9.17, 15) is 4.79 Å². The second-order valence-corrected chi connectivity index (χ2v) is 9.30. The van der Waals surface area contributed by atoms with Crippen molar-refractivity contribution in [1.82, 2.24) is 14.8 Å². The minimum atomic E-state index is -0.0679. The number of aryl methyl sites for hydroxylation is 1. The van der Waals surface area contributed by atoms with Gasteiger partial charge in [-0.1, -0.05) is 62.9 Å². The summed E-state index contributed by atoms with van der Waals surface area (Å²) in [5, 5.41) is 12.2. The lowest BCUT2D eigenvalue weighted by atomic mass is 9.87. The highest BCUT2D eigenvalue weighted by atomic mass is 32.2. The molecule has 2 aromatic carbocycles. The van der Waals surface area contributed by atoms with Gasteiger partial charge in [0.2, 0.25) is 5.91 Å². The molecular formula is C24H30N4O2S. The van der Waals surface area contributed by atoms with Crippen molar-refractivity contribution in [2.75, 3.05) is 11.1 Å². The van der Waals surface area contributed by atoms with Crippen LogP contribution in [0.4, 0.5) is 5.69 Å². The number of hydrogen-bond donors (Lipinski definition) is 1. The van der Waals surface area contributed by atoms with E-state index in [0.717, 1.165) is 22.8 Å². The number of rotatable bonds is 8. The highest BCUT2D eigenvalue weighted by molar-refractivity contribution is 7.99. The van der Waals surface area contributed by atoms with Gasteiger partial charge in [-0.05, 0) is 48.6 Å². The Balaban J connectivity index is 1.57. The maximum atomic E-state index is 12.3. The van der Waals surface area contributed by atoms with Crippen LogP contribution in [-0.4, -0.2) is 26.4 Å². The maximum absolute atomic E-state index is 12.3. The normalized spacial score (nSPS) is 11.4. The summed E-state index contributed by atoms with van der Waals surface area (Å²) >= 11 is 1.37. The zero-order valence-electron chi connectivity index (χ0n) is 18.8. The smallest absolute Gasteiger partial charge is 0.234 e. The van der Waals surface area contributed by atoms with Crippen LogP contribution in [0.15, 0.2) is 53.7 Å². The molecule has 0 radical (unpaired) electrons. The summed E-state index contributed by atoms with van der Waals surface area (Å²) in [5.41, 5.74) is 3.24. The van der Waals surface area contributed by atoms with Crippen molar-refractivity contribution in [1.29, 1.82) is 0 Å². The van der Waals surface area contributed by atoms with Gasteiger partial charge in [-0.3, -0.25) is 4.79 Å². The first-order chi connectivity index (χ1) is 14.8. The molecule has 3 aromatic rings. The second-order valence-electron chi connectivity index (χ2n) is 8.36. The van der Waals surface area contributed by atoms with Gasteiger partial charge in [-0.15, -0.1) is 10.2 Å². The lowest BCUT2D eigenvalue weighted by molar-refractivity contribution is -0.113. The van der Waals surface area contributed by atoms with Crippen LogP contribution < -0.4 is 10.1 Å². The van der Waals surface area contributed by atoms with Crippen LogP contribution in [0.2, 0.25) is 0 Å². The van der Waals surface area contributed by atoms with Crippen molar-refractivity contribution >= 4 is 23.4 Å². The van der Waals surface area contributed by atoms with Crippen molar-refractivity contribution in [3.05, 3.63) is 65.5 Å². The Morgan fingerprint density at radius 2 is 1.81 bits per heavy atom. The number of benzene rings is 2. The molecule has 1 N–H and O–H groups in total. The molecule has 0 aliphatic carbocycles. The molecule has 0 bridgehead atoms. The summed E-state index contributed by atoms with van der Waals surface area (Å²) in [5.74, 6) is 1.73. The Morgan fingerprint density at radius 3 is 2.45 bits per heavy atom. The summed E-state index contributed by atoms with van der Waals surface area (Å²) in [6.07, 6.45) is 0. The maximum Gasteiger partial charge on any atom is 0.234 e. The fourth-order valence-corrected chi connectivity index (χ4v) is 3.90. The van der Waals surface area contributed by atoms with Crippen molar-refractivity contribution in [2.24, 2.45) is 0 Å². The fourth-order valence-electron chi connectivity index (χ4n) is 3.08. The average molecular weight is 439 g/mol. The number of nitrogens with one attached hydrogen (secondary N) is 1. The number of ether oxygens (including phenoxy) is 1. The number of para-hydroxylation sites is 1. The first-order valence-corrected chi connectivity index (χ1v) is 11.4. The van der Waals surface area contributed by atoms with Crippen molar-refractivity contribution in [3.8, 4) is 5.75 Å². The first kappa shape index (κ1) is 22.9. The van der Waals surface area contributed by atoms with Crippen molar-refractivity contribution in [2.45, 2.75) is 58.3 Å². The minimum Gasteiger partial charge on any atom is -0.486 e. The van der Waals surface area contributed by atoms with Gasteiger partial charge in [0, 0.05) is 12.2 Å². The van der Waals surface area contributed by atoms with Gasteiger partial charge in [-0.25, -0.2) is 0 Å². The Kier molecular flexibility index (Phi) is 7.38. The third kappa shape index (κ3) is 6.10. The summed E-state index contributed by atoms with van der Waals surface area (Å²) in [4.78, 5) is 12.3. The van der Waals surface area contributed by atoms with Crippen LogP contribution in [-0.2, 0) is 23.4 Å². The molecular weight excluding hydrogens is 408 g/mol. The number of thioether (sulfide) groups is 1. The lowest BCUT2D eigenvalue weighted by Crippen LogP contribution is -2.15. The molecule has 0 spiro atoms. The number of nitrogens with zero attached hydrogens (tertiary/aromatic N) is 3. The van der Waals surface area contributed by atoms with Crippen LogP contribution in [0.5, 0.6) is 5.75 Å². The van der Waals surface area contributed by atoms with Gasteiger partial charge >= 0.3 is 0 Å². The summed E-state index contributed by atoms with van der Waals surface area (Å²) in [6.45, 7) is 11.6. The van der Waals surface area contributed by atoms with Gasteiger partial charge in [0.1, 0.15) is 12.4 Å². The van der Waals surface area contributed by atoms with Gasteiger partial charge < -0.3 is 14.6 Å². The monoisotopic (exact) mass is 438 g/mol. The molecule has 1 aromatic heterocycles. The van der Waals surface area contributed by atoms with E-state index in [1.807, 2.05) is 54.8 Å². The molecule has 1 amide bonds. The van der Waals surface area contributed by atoms with Crippen LogP contribution in [0.3, 0.4) is 0 Å². The summed E-state index contributed by atoms with van der Waals surface area (Å²) in [7, 11) is 0. The Labute approximate surface area is 188 Å². The molecule has 0 saturated carbocycles. The van der Waals surface area contributed by atoms with E-state index in [1.165, 1.54) is 17.3 Å². The van der Waals surface area contributed by atoms with Crippen LogP contribution in [0.25, 0.3) is 0 Å². The molecule has 6 nitrogen and oxygen atoms in total. The Hall–Kier alpha value is -2.80. The van der Waals surface area contributed by atoms with E-state index < -0.39 is 0 Å². The Morgan fingerprint density at radius 1 is 1.10 bits per heavy atom. The van der Waals surface area contributed by atoms with E-state index in [-0.39, 0.29) is 17.1 Å². The first-order valence-electron chi connectivity index (χ1n) is 10.4. The summed E-state index contributed by atoms with van der Waals surface area (Å²) < 4.78 is 7.90. The molecule has 0 unspecified atom stereocenters. The number of carbonyl (C=O) groups excluding carboxylic acids is 1. The van der Waals surface area contributed by atoms with Gasteiger partial charge in [0.15, 0.2) is 11.0 Å². The fraction of sp³-hybridized carbons (Fsp3) is 0.375. The number of hydrogen-bond acceptors (Lipinski definition) is 5. The van der Waals surface area contributed by atoms with Crippen LogP contribution >= 0.6 is 11.8 Å². The molecule has 0 saturated heterocycles. The predicted octanol–water partition coefficient (Wildman–Crippen LogP) is 5.21. The standard InChI is InChI=1S/C24H30N4O2S/c1-6-28-21(15-30-19-13-11-18(12-14-19)24(3,4)5)26-27-23(28)31-16-22(29)25-20-10-8-7-9-17(20)2/h7-14H,6,15-16H2,1-5H3,(H,25,29). The van der Waals surface area contributed by atoms with Gasteiger partial charge in [0.25, 0.3) is 0 Å². The number of anilines is 1. The SMILES string of the molecule is CCn1c(COc2ccc(C(C)(C)C)cc2)nnc1SCC(=O)Nc1ccccc1C. The molecule has 3 rings (SSSR count). The van der Waals surface area contributed by atoms with E-state index >= 15 is 0 Å². The molecule has 0 aliphatic rings. The largest absolute Gasteiger partial charge is 0.486 e. The molecule has 0 fully saturated rings. The third-order valence-electron chi connectivity index (χ3n) is 4.95. The van der Waals surface area contributed by atoms with Crippen molar-refractivity contribution in [3.63, 3.8) is 0 Å². The number of amides is 1. The van der Waals surface area contributed by atoms with Crippen molar-refractivity contribution < 1.29 is 9.53 Å². The topological polar surface area (TPSA) is 69.0 Å². The lowest BCUT2D eigenvalue weighted by Gasteiger charge is -2.19.